The molecule has 4 heteroatoms. The zero-order valence-electron chi connectivity index (χ0n) is 10.2. The van der Waals surface area contributed by atoms with Crippen LogP contribution in [0.15, 0.2) is 24.3 Å². The Labute approximate surface area is 106 Å². The number of carbonyl (C=O) groups is 1. The molecule has 3 nitrogen and oxygen atoms in total. The van der Waals surface area contributed by atoms with Gasteiger partial charge in [-0.1, -0.05) is 18.2 Å². The summed E-state index contributed by atoms with van der Waals surface area (Å²) in [6, 6.07) is 6.32. The van der Waals surface area contributed by atoms with E-state index in [9.17, 15) is 9.18 Å². The average Bonchev–Trinajstić information content (AvgIpc) is 2.85. The number of ether oxygens (including phenoxy) is 2. The summed E-state index contributed by atoms with van der Waals surface area (Å²) in [4.78, 5) is 11.6. The van der Waals surface area contributed by atoms with Crippen molar-refractivity contribution in [2.75, 3.05) is 26.4 Å². The van der Waals surface area contributed by atoms with Gasteiger partial charge in [-0.25, -0.2) is 4.39 Å². The molecule has 0 aromatic heterocycles. The van der Waals surface area contributed by atoms with Crippen molar-refractivity contribution in [3.05, 3.63) is 35.6 Å². The normalized spacial score (nSPS) is 19.1. The number of rotatable bonds is 6. The molecule has 1 aliphatic rings. The van der Waals surface area contributed by atoms with Gasteiger partial charge in [-0.15, -0.1) is 0 Å². The summed E-state index contributed by atoms with van der Waals surface area (Å²) in [6.45, 7) is 2.08. The maximum atomic E-state index is 13.3. The van der Waals surface area contributed by atoms with Gasteiger partial charge in [0, 0.05) is 18.9 Å². The number of ketones is 1. The number of halogens is 1. The highest BCUT2D eigenvalue weighted by Gasteiger charge is 2.16. The fourth-order valence-corrected chi connectivity index (χ4v) is 1.96. The molecule has 2 rings (SSSR count). The maximum Gasteiger partial charge on any atom is 0.162 e. The number of hydrogen-bond acceptors (Lipinski definition) is 3. The third-order valence-corrected chi connectivity index (χ3v) is 2.99. The summed E-state index contributed by atoms with van der Waals surface area (Å²) in [7, 11) is 0. The summed E-state index contributed by atoms with van der Waals surface area (Å²) >= 11 is 0. The van der Waals surface area contributed by atoms with Gasteiger partial charge in [0.2, 0.25) is 0 Å². The van der Waals surface area contributed by atoms with Gasteiger partial charge in [-0.3, -0.25) is 4.79 Å². The van der Waals surface area contributed by atoms with E-state index in [1.807, 2.05) is 0 Å². The standard InChI is InChI=1S/C14H17FO3/c15-14-4-2-1-3-12(14)7-13(16)10-18-9-11-5-6-17-8-11/h1-4,11H,5-10H2. The lowest BCUT2D eigenvalue weighted by atomic mass is 10.1. The lowest BCUT2D eigenvalue weighted by Crippen LogP contribution is -2.17. The van der Waals surface area contributed by atoms with E-state index in [2.05, 4.69) is 0 Å². The molecule has 0 N–H and O–H groups in total. The van der Waals surface area contributed by atoms with Crippen LogP contribution in [0.2, 0.25) is 0 Å². The van der Waals surface area contributed by atoms with Gasteiger partial charge in [0.15, 0.2) is 5.78 Å². The predicted octanol–water partition coefficient (Wildman–Crippen LogP) is 1.99. The monoisotopic (exact) mass is 252 g/mol. The molecule has 1 aromatic carbocycles. The third-order valence-electron chi connectivity index (χ3n) is 2.99. The second-order valence-corrected chi connectivity index (χ2v) is 4.55. The Bertz CT molecular complexity index is 400. The van der Waals surface area contributed by atoms with Crippen molar-refractivity contribution in [2.24, 2.45) is 5.92 Å². The van der Waals surface area contributed by atoms with Crippen molar-refractivity contribution in [1.29, 1.82) is 0 Å². The quantitative estimate of drug-likeness (QED) is 0.776. The molecular weight excluding hydrogens is 235 g/mol. The van der Waals surface area contributed by atoms with Crippen molar-refractivity contribution in [3.8, 4) is 0 Å². The third kappa shape index (κ3) is 3.89. The lowest BCUT2D eigenvalue weighted by Gasteiger charge is -2.08. The van der Waals surface area contributed by atoms with Crippen molar-refractivity contribution < 1.29 is 18.7 Å². The molecule has 1 heterocycles. The molecule has 0 amide bonds. The van der Waals surface area contributed by atoms with E-state index in [1.54, 1.807) is 18.2 Å². The predicted molar refractivity (Wildman–Crippen MR) is 64.9 cm³/mol. The second kappa shape index (κ2) is 6.61. The molecule has 1 saturated heterocycles. The van der Waals surface area contributed by atoms with Gasteiger partial charge in [-0.05, 0) is 18.1 Å². The fraction of sp³-hybridized carbons (Fsp3) is 0.500. The minimum atomic E-state index is -0.338. The van der Waals surface area contributed by atoms with Crippen molar-refractivity contribution in [3.63, 3.8) is 0 Å². The highest BCUT2D eigenvalue weighted by atomic mass is 19.1. The largest absolute Gasteiger partial charge is 0.381 e. The van der Waals surface area contributed by atoms with E-state index in [1.165, 1.54) is 6.07 Å². The molecule has 1 unspecified atom stereocenters. The van der Waals surface area contributed by atoms with Gasteiger partial charge in [0.1, 0.15) is 12.4 Å². The van der Waals surface area contributed by atoms with Crippen LogP contribution >= 0.6 is 0 Å². The van der Waals surface area contributed by atoms with Crippen molar-refractivity contribution >= 4 is 5.78 Å². The lowest BCUT2D eigenvalue weighted by molar-refractivity contribution is -0.123. The van der Waals surface area contributed by atoms with Gasteiger partial charge in [-0.2, -0.15) is 0 Å². The first-order chi connectivity index (χ1) is 8.75. The number of Topliss-reactive ketones (excluding diaryl/α,β-unsaturated/α-hetero) is 1. The molecule has 1 aliphatic heterocycles. The van der Waals surface area contributed by atoms with Gasteiger partial charge >= 0.3 is 0 Å². The summed E-state index contributed by atoms with van der Waals surface area (Å²) in [5, 5.41) is 0. The van der Waals surface area contributed by atoms with Gasteiger partial charge in [0.05, 0.1) is 13.2 Å². The number of benzene rings is 1. The average molecular weight is 252 g/mol. The highest BCUT2D eigenvalue weighted by Crippen LogP contribution is 2.12. The highest BCUT2D eigenvalue weighted by molar-refractivity contribution is 5.82. The Hall–Kier alpha value is -1.26. The van der Waals surface area contributed by atoms with E-state index in [0.717, 1.165) is 13.0 Å². The molecule has 18 heavy (non-hydrogen) atoms. The molecule has 0 spiro atoms. The molecule has 1 aromatic rings. The van der Waals surface area contributed by atoms with Crippen molar-refractivity contribution in [1.82, 2.24) is 0 Å². The number of carbonyl (C=O) groups excluding carboxylic acids is 1. The van der Waals surface area contributed by atoms with Crippen LogP contribution in [-0.2, 0) is 20.7 Å². The summed E-state index contributed by atoms with van der Waals surface area (Å²) < 4.78 is 23.9. The molecule has 1 fully saturated rings. The molecule has 0 aliphatic carbocycles. The first-order valence-corrected chi connectivity index (χ1v) is 6.16. The molecule has 1 atom stereocenters. The Morgan fingerprint density at radius 3 is 3.00 bits per heavy atom. The minimum Gasteiger partial charge on any atom is -0.381 e. The van der Waals surface area contributed by atoms with Gasteiger partial charge < -0.3 is 9.47 Å². The maximum absolute atomic E-state index is 13.3. The Morgan fingerprint density at radius 2 is 2.28 bits per heavy atom. The second-order valence-electron chi connectivity index (χ2n) is 4.55. The van der Waals surface area contributed by atoms with Crippen LogP contribution in [0.1, 0.15) is 12.0 Å². The van der Waals surface area contributed by atoms with Crippen LogP contribution in [0.4, 0.5) is 4.39 Å². The van der Waals surface area contributed by atoms with Crippen LogP contribution in [0.25, 0.3) is 0 Å². The molecule has 0 saturated carbocycles. The van der Waals surface area contributed by atoms with Crippen LogP contribution in [0.5, 0.6) is 0 Å². The Morgan fingerprint density at radius 1 is 1.44 bits per heavy atom. The van der Waals surface area contributed by atoms with Crippen LogP contribution in [0, 0.1) is 11.7 Å². The zero-order valence-corrected chi connectivity index (χ0v) is 10.2. The zero-order chi connectivity index (χ0) is 12.8. The van der Waals surface area contributed by atoms with E-state index in [-0.39, 0.29) is 24.6 Å². The van der Waals surface area contributed by atoms with Gasteiger partial charge in [0.25, 0.3) is 0 Å². The molecule has 0 bridgehead atoms. The van der Waals surface area contributed by atoms with Crippen molar-refractivity contribution in [2.45, 2.75) is 12.8 Å². The van der Waals surface area contributed by atoms with Crippen LogP contribution < -0.4 is 0 Å². The summed E-state index contributed by atoms with van der Waals surface area (Å²) in [5.74, 6) is -0.0414. The first kappa shape index (κ1) is 13.2. The molecule has 0 radical (unpaired) electrons. The van der Waals surface area contributed by atoms with E-state index in [4.69, 9.17) is 9.47 Å². The fourth-order valence-electron chi connectivity index (χ4n) is 1.96. The topological polar surface area (TPSA) is 35.5 Å². The first-order valence-electron chi connectivity index (χ1n) is 6.16. The molecular formula is C14H17FO3. The number of hydrogen-bond donors (Lipinski definition) is 0. The minimum absolute atomic E-state index is 0.0465. The van der Waals surface area contributed by atoms with Crippen LogP contribution in [-0.4, -0.2) is 32.2 Å². The summed E-state index contributed by atoms with van der Waals surface area (Å²) in [6.07, 6.45) is 1.08. The van der Waals surface area contributed by atoms with E-state index in [0.29, 0.717) is 24.7 Å². The smallest absolute Gasteiger partial charge is 0.162 e. The Balaban J connectivity index is 1.70. The van der Waals surface area contributed by atoms with E-state index >= 15 is 0 Å². The van der Waals surface area contributed by atoms with E-state index < -0.39 is 0 Å². The van der Waals surface area contributed by atoms with Crippen LogP contribution in [0.3, 0.4) is 0 Å². The summed E-state index contributed by atoms with van der Waals surface area (Å²) in [5.41, 5.74) is 0.426. The Kier molecular flexibility index (Phi) is 4.84. The SMILES string of the molecule is O=C(COCC1CCOC1)Cc1ccccc1F. The molecule has 98 valence electrons.